The van der Waals surface area contributed by atoms with Gasteiger partial charge in [-0.05, 0) is 88.3 Å². The van der Waals surface area contributed by atoms with E-state index in [2.05, 4.69) is 51.7 Å². The van der Waals surface area contributed by atoms with Crippen LogP contribution in [0.5, 0.6) is 0 Å². The van der Waals surface area contributed by atoms with E-state index in [1.54, 1.807) is 12.1 Å². The van der Waals surface area contributed by atoms with Crippen molar-refractivity contribution in [2.24, 2.45) is 0 Å². The van der Waals surface area contributed by atoms with Crippen LogP contribution in [0.4, 0.5) is 19.0 Å². The average Bonchev–Trinajstić information content (AvgIpc) is 3.14. The van der Waals surface area contributed by atoms with Gasteiger partial charge in [-0.15, -0.1) is 0 Å². The van der Waals surface area contributed by atoms with Crippen LogP contribution in [-0.4, -0.2) is 20.6 Å². The highest BCUT2D eigenvalue weighted by Crippen LogP contribution is 2.40. The Labute approximate surface area is 216 Å². The van der Waals surface area contributed by atoms with E-state index in [0.717, 1.165) is 58.8 Å². The zero-order valence-electron chi connectivity index (χ0n) is 22.3. The first-order valence-corrected chi connectivity index (χ1v) is 12.9. The number of benzene rings is 2. The first kappa shape index (κ1) is 25.3. The number of aryl methyl sites for hydroxylation is 5. The van der Waals surface area contributed by atoms with Gasteiger partial charge < -0.3 is 4.90 Å². The molecule has 3 heterocycles. The van der Waals surface area contributed by atoms with Crippen LogP contribution >= 0.6 is 0 Å². The number of fused-ring (bicyclic) bond motifs is 3. The second-order valence-electron chi connectivity index (χ2n) is 10.4. The largest absolute Gasteiger partial charge is 0.416 e. The van der Waals surface area contributed by atoms with Gasteiger partial charge in [-0.2, -0.15) is 22.8 Å². The summed E-state index contributed by atoms with van der Waals surface area (Å²) in [7, 11) is 0. The van der Waals surface area contributed by atoms with E-state index >= 15 is 0 Å². The van der Waals surface area contributed by atoms with Gasteiger partial charge in [-0.1, -0.05) is 36.8 Å². The molecule has 4 nitrogen and oxygen atoms in total. The van der Waals surface area contributed by atoms with Gasteiger partial charge in [0.15, 0.2) is 5.65 Å². The van der Waals surface area contributed by atoms with Gasteiger partial charge in [-0.25, -0.2) is 4.98 Å². The maximum Gasteiger partial charge on any atom is 0.416 e. The lowest BCUT2D eigenvalue weighted by atomic mass is 9.93. The fraction of sp³-hybridized carbons (Fsp3) is 0.400. The number of anilines is 1. The van der Waals surface area contributed by atoms with E-state index in [-0.39, 0.29) is 6.04 Å². The molecule has 37 heavy (non-hydrogen) atoms. The predicted octanol–water partition coefficient (Wildman–Crippen LogP) is 7.69. The minimum atomic E-state index is -4.34. The predicted molar refractivity (Wildman–Crippen MR) is 142 cm³/mol. The lowest BCUT2D eigenvalue weighted by molar-refractivity contribution is -0.137. The Morgan fingerprint density at radius 3 is 2.16 bits per heavy atom. The number of nitrogens with zero attached hydrogens (tertiary/aromatic N) is 4. The fourth-order valence-electron chi connectivity index (χ4n) is 6.00. The lowest BCUT2D eigenvalue weighted by Crippen LogP contribution is -2.40. The maximum atomic E-state index is 13.1. The molecular weight excluding hydrogens is 473 g/mol. The number of halogens is 3. The lowest BCUT2D eigenvalue weighted by Gasteiger charge is -2.39. The molecule has 0 saturated carbocycles. The molecule has 0 N–H and O–H groups in total. The third-order valence-corrected chi connectivity index (χ3v) is 7.69. The van der Waals surface area contributed by atoms with E-state index < -0.39 is 11.7 Å². The molecule has 0 amide bonds. The third-order valence-electron chi connectivity index (χ3n) is 7.69. The molecule has 0 saturated heterocycles. The monoisotopic (exact) mass is 506 g/mol. The Morgan fingerprint density at radius 1 is 0.919 bits per heavy atom. The summed E-state index contributed by atoms with van der Waals surface area (Å²) in [5, 5.41) is 5.02. The van der Waals surface area contributed by atoms with Crippen LogP contribution in [0.25, 0.3) is 16.8 Å². The van der Waals surface area contributed by atoms with Crippen molar-refractivity contribution in [1.29, 1.82) is 0 Å². The molecule has 0 fully saturated rings. The van der Waals surface area contributed by atoms with E-state index in [4.69, 9.17) is 10.1 Å². The zero-order chi connectivity index (χ0) is 26.6. The molecule has 0 radical (unpaired) electrons. The van der Waals surface area contributed by atoms with Crippen molar-refractivity contribution in [2.75, 3.05) is 4.90 Å². The summed E-state index contributed by atoms with van der Waals surface area (Å²) in [4.78, 5) is 7.40. The molecule has 2 aromatic heterocycles. The first-order valence-electron chi connectivity index (χ1n) is 12.9. The van der Waals surface area contributed by atoms with E-state index in [9.17, 15) is 13.2 Å². The van der Waals surface area contributed by atoms with Crippen LogP contribution in [0.15, 0.2) is 36.4 Å². The number of alkyl halides is 3. The molecular formula is C30H33F3N4. The minimum absolute atomic E-state index is 0.260. The highest BCUT2D eigenvalue weighted by atomic mass is 19.4. The summed E-state index contributed by atoms with van der Waals surface area (Å²) in [6.07, 6.45) is -1.52. The fourth-order valence-corrected chi connectivity index (χ4v) is 6.00. The molecule has 0 bridgehead atoms. The third kappa shape index (κ3) is 4.38. The Morgan fingerprint density at radius 2 is 1.57 bits per heavy atom. The molecule has 1 aliphatic heterocycles. The molecule has 0 spiro atoms. The van der Waals surface area contributed by atoms with Gasteiger partial charge in [0.25, 0.3) is 0 Å². The van der Waals surface area contributed by atoms with Gasteiger partial charge in [0.1, 0.15) is 5.82 Å². The standard InChI is InChI=1S/C30H33F3N4/c1-7-24-12-13-25-20(5)34-28-27(26-18(3)14-17(2)15-19(26)4)21(6)35-37(28)29(25)36(24)16-22-8-10-23(11-9-22)30(31,32)33/h8-11,14-15,24H,7,12-13,16H2,1-6H3. The number of hydrogen-bond donors (Lipinski definition) is 0. The summed E-state index contributed by atoms with van der Waals surface area (Å²) < 4.78 is 41.4. The average molecular weight is 507 g/mol. The first-order chi connectivity index (χ1) is 17.5. The number of rotatable bonds is 4. The second kappa shape index (κ2) is 9.19. The molecule has 194 valence electrons. The smallest absolute Gasteiger partial charge is 0.349 e. The minimum Gasteiger partial charge on any atom is -0.349 e. The quantitative estimate of drug-likeness (QED) is 0.285. The van der Waals surface area contributed by atoms with E-state index in [1.807, 2.05) is 11.4 Å². The van der Waals surface area contributed by atoms with Crippen LogP contribution < -0.4 is 4.90 Å². The van der Waals surface area contributed by atoms with Crippen molar-refractivity contribution < 1.29 is 13.2 Å². The van der Waals surface area contributed by atoms with E-state index in [0.29, 0.717) is 6.54 Å². The normalized spacial score (nSPS) is 15.9. The summed E-state index contributed by atoms with van der Waals surface area (Å²) >= 11 is 0. The number of aromatic nitrogens is 3. The summed E-state index contributed by atoms with van der Waals surface area (Å²) in [5.74, 6) is 1.01. The summed E-state index contributed by atoms with van der Waals surface area (Å²) in [5.41, 5.74) is 9.95. The van der Waals surface area contributed by atoms with Gasteiger partial charge >= 0.3 is 6.18 Å². The van der Waals surface area contributed by atoms with Crippen LogP contribution in [0.3, 0.4) is 0 Å². The van der Waals surface area contributed by atoms with Crippen molar-refractivity contribution in [2.45, 2.75) is 79.6 Å². The molecule has 0 aliphatic carbocycles. The molecule has 5 rings (SSSR count). The Hall–Kier alpha value is -3.35. The summed E-state index contributed by atoms with van der Waals surface area (Å²) in [6.45, 7) is 13.1. The van der Waals surface area contributed by atoms with Gasteiger partial charge in [0.05, 0.1) is 16.8 Å². The highest BCUT2D eigenvalue weighted by molar-refractivity contribution is 5.85. The van der Waals surface area contributed by atoms with Crippen LogP contribution in [0.2, 0.25) is 0 Å². The van der Waals surface area contributed by atoms with Crippen LogP contribution in [0, 0.1) is 34.6 Å². The molecule has 4 aromatic rings. The molecule has 1 atom stereocenters. The molecule has 7 heteroatoms. The van der Waals surface area contributed by atoms with Crippen molar-refractivity contribution in [3.05, 3.63) is 81.2 Å². The Bertz CT molecular complexity index is 1460. The van der Waals surface area contributed by atoms with Crippen LogP contribution in [0.1, 0.15) is 64.5 Å². The van der Waals surface area contributed by atoms with Crippen LogP contribution in [-0.2, 0) is 19.1 Å². The molecule has 1 aliphatic rings. The van der Waals surface area contributed by atoms with Crippen molar-refractivity contribution in [1.82, 2.24) is 14.6 Å². The molecule has 1 unspecified atom stereocenters. The van der Waals surface area contributed by atoms with E-state index in [1.165, 1.54) is 34.4 Å². The topological polar surface area (TPSA) is 33.4 Å². The van der Waals surface area contributed by atoms with Crippen molar-refractivity contribution >= 4 is 11.5 Å². The van der Waals surface area contributed by atoms with Gasteiger partial charge in [0, 0.05) is 23.8 Å². The van der Waals surface area contributed by atoms with Gasteiger partial charge in [-0.3, -0.25) is 0 Å². The summed E-state index contributed by atoms with van der Waals surface area (Å²) in [6, 6.07) is 10.2. The Kier molecular flexibility index (Phi) is 6.29. The maximum absolute atomic E-state index is 13.1. The molecule has 2 aromatic carbocycles. The van der Waals surface area contributed by atoms with Crippen molar-refractivity contribution in [3.63, 3.8) is 0 Å². The van der Waals surface area contributed by atoms with Crippen molar-refractivity contribution in [3.8, 4) is 11.1 Å². The SMILES string of the molecule is CCC1CCc2c(C)nc3c(-c4c(C)cc(C)cc4C)c(C)nn3c2N1Cc1ccc(C(F)(F)F)cc1. The zero-order valence-corrected chi connectivity index (χ0v) is 22.3. The van der Waals surface area contributed by atoms with Gasteiger partial charge in [0.2, 0.25) is 0 Å². The second-order valence-corrected chi connectivity index (χ2v) is 10.4. The number of hydrogen-bond acceptors (Lipinski definition) is 3. The highest BCUT2D eigenvalue weighted by Gasteiger charge is 2.33. The Balaban J connectivity index is 1.69.